The summed E-state index contributed by atoms with van der Waals surface area (Å²) < 4.78 is 0.901. The van der Waals surface area contributed by atoms with Crippen LogP contribution in [0.3, 0.4) is 0 Å². The van der Waals surface area contributed by atoms with Gasteiger partial charge < -0.3 is 5.32 Å². The Balaban J connectivity index is 1.85. The normalized spacial score (nSPS) is 18.8. The number of nitrogens with one attached hydrogen (secondary N) is 1. The third-order valence-corrected chi connectivity index (χ3v) is 4.94. The van der Waals surface area contributed by atoms with Gasteiger partial charge in [0.2, 0.25) is 0 Å². The first-order valence-electron chi connectivity index (χ1n) is 5.80. The number of hydrogen-bond donors (Lipinski definition) is 1. The molecule has 100 valence electrons. The van der Waals surface area contributed by atoms with Crippen molar-refractivity contribution >= 4 is 61.9 Å². The van der Waals surface area contributed by atoms with Gasteiger partial charge in [-0.15, -0.1) is 11.3 Å². The first-order chi connectivity index (χ1) is 9.72. The maximum atomic E-state index is 11.9. The number of thiophene rings is 1. The minimum Gasteiger partial charge on any atom is -0.300 e. The van der Waals surface area contributed by atoms with Crippen LogP contribution in [0.1, 0.15) is 4.88 Å². The quantitative estimate of drug-likeness (QED) is 0.802. The Labute approximate surface area is 132 Å². The molecule has 1 saturated heterocycles. The Hall–Kier alpha value is -1.37. The molecule has 0 bridgehead atoms. The summed E-state index contributed by atoms with van der Waals surface area (Å²) in [6.07, 6.45) is 1.88. The summed E-state index contributed by atoms with van der Waals surface area (Å²) in [5.74, 6) is -0.103. The smallest absolute Gasteiger partial charge is 0.264 e. The molecule has 1 aromatic carbocycles. The molecule has 0 spiro atoms. The van der Waals surface area contributed by atoms with Crippen LogP contribution >= 0.6 is 39.0 Å². The molecule has 1 aliphatic heterocycles. The number of amides is 1. The van der Waals surface area contributed by atoms with E-state index in [0.29, 0.717) is 10.1 Å². The molecule has 2 aromatic rings. The monoisotopic (exact) mass is 364 g/mol. The Kier molecular flexibility index (Phi) is 4.05. The van der Waals surface area contributed by atoms with E-state index in [-0.39, 0.29) is 5.91 Å². The topological polar surface area (TPSA) is 41.5 Å². The van der Waals surface area contributed by atoms with Crippen LogP contribution < -0.4 is 5.32 Å². The number of carbonyl (C=O) groups is 1. The molecule has 1 aromatic heterocycles. The summed E-state index contributed by atoms with van der Waals surface area (Å²) in [6, 6.07) is 11.6. The average Bonchev–Trinajstić information content (AvgIpc) is 3.04. The number of thioether (sulfide) groups is 1. The lowest BCUT2D eigenvalue weighted by atomic mass is 10.3. The van der Waals surface area contributed by atoms with Crippen molar-refractivity contribution in [1.82, 2.24) is 5.32 Å². The lowest BCUT2D eigenvalue weighted by Gasteiger charge is -1.98. The van der Waals surface area contributed by atoms with Gasteiger partial charge in [0, 0.05) is 9.35 Å². The number of halogens is 1. The van der Waals surface area contributed by atoms with Crippen LogP contribution in [-0.2, 0) is 4.79 Å². The lowest BCUT2D eigenvalue weighted by Crippen LogP contribution is -2.19. The fourth-order valence-corrected chi connectivity index (χ4v) is 3.57. The van der Waals surface area contributed by atoms with E-state index in [1.807, 2.05) is 47.9 Å². The van der Waals surface area contributed by atoms with Crippen LogP contribution in [0.4, 0.5) is 5.69 Å². The predicted octanol–water partition coefficient (Wildman–Crippen LogP) is 4.40. The molecule has 6 heteroatoms. The van der Waals surface area contributed by atoms with Gasteiger partial charge >= 0.3 is 0 Å². The van der Waals surface area contributed by atoms with E-state index in [2.05, 4.69) is 26.2 Å². The van der Waals surface area contributed by atoms with E-state index in [4.69, 9.17) is 0 Å². The van der Waals surface area contributed by atoms with Gasteiger partial charge in [-0.1, -0.05) is 18.2 Å². The van der Waals surface area contributed by atoms with Gasteiger partial charge in [-0.25, -0.2) is 4.99 Å². The minimum absolute atomic E-state index is 0.103. The third kappa shape index (κ3) is 3.03. The molecule has 20 heavy (non-hydrogen) atoms. The second kappa shape index (κ2) is 5.95. The van der Waals surface area contributed by atoms with Crippen LogP contribution in [0.5, 0.6) is 0 Å². The SMILES string of the molecule is O=C1NC(=Nc2ccccc2Br)S/C1=C/c1cccs1. The van der Waals surface area contributed by atoms with Crippen molar-refractivity contribution in [3.8, 4) is 0 Å². The van der Waals surface area contributed by atoms with Crippen LogP contribution in [0.15, 0.2) is 56.1 Å². The molecule has 0 unspecified atom stereocenters. The highest BCUT2D eigenvalue weighted by molar-refractivity contribution is 9.10. The van der Waals surface area contributed by atoms with Crippen LogP contribution in [0.25, 0.3) is 6.08 Å². The van der Waals surface area contributed by atoms with Crippen LogP contribution in [0, 0.1) is 0 Å². The van der Waals surface area contributed by atoms with Crippen molar-refractivity contribution in [1.29, 1.82) is 0 Å². The first kappa shape index (κ1) is 13.6. The van der Waals surface area contributed by atoms with Gasteiger partial charge in [-0.05, 0) is 57.3 Å². The van der Waals surface area contributed by atoms with Gasteiger partial charge in [-0.3, -0.25) is 4.79 Å². The van der Waals surface area contributed by atoms with Crippen molar-refractivity contribution in [3.63, 3.8) is 0 Å². The molecule has 1 N–H and O–H groups in total. The fourth-order valence-electron chi connectivity index (χ4n) is 1.63. The van der Waals surface area contributed by atoms with E-state index in [9.17, 15) is 4.79 Å². The maximum absolute atomic E-state index is 11.9. The van der Waals surface area contributed by atoms with Crippen molar-refractivity contribution in [2.45, 2.75) is 0 Å². The number of benzene rings is 1. The zero-order valence-corrected chi connectivity index (χ0v) is 13.4. The molecule has 0 saturated carbocycles. The molecule has 1 aliphatic rings. The zero-order chi connectivity index (χ0) is 13.9. The summed E-state index contributed by atoms with van der Waals surface area (Å²) in [4.78, 5) is 18.1. The van der Waals surface area contributed by atoms with Crippen molar-refractivity contribution in [2.75, 3.05) is 0 Å². The van der Waals surface area contributed by atoms with E-state index in [1.165, 1.54) is 11.8 Å². The van der Waals surface area contributed by atoms with Gasteiger partial charge in [0.1, 0.15) is 0 Å². The fraction of sp³-hybridized carbons (Fsp3) is 0. The van der Waals surface area contributed by atoms with Crippen molar-refractivity contribution in [3.05, 3.63) is 56.0 Å². The minimum atomic E-state index is -0.103. The third-order valence-electron chi connectivity index (χ3n) is 2.54. The average molecular weight is 365 g/mol. The molecule has 0 atom stereocenters. The largest absolute Gasteiger partial charge is 0.300 e. The van der Waals surface area contributed by atoms with Crippen LogP contribution in [-0.4, -0.2) is 11.1 Å². The van der Waals surface area contributed by atoms with Gasteiger partial charge in [0.15, 0.2) is 5.17 Å². The first-order valence-corrected chi connectivity index (χ1v) is 8.29. The molecule has 3 rings (SSSR count). The summed E-state index contributed by atoms with van der Waals surface area (Å²) in [5, 5.41) is 5.37. The Morgan fingerprint density at radius 3 is 2.80 bits per heavy atom. The number of nitrogens with zero attached hydrogens (tertiary/aromatic N) is 1. The van der Waals surface area contributed by atoms with E-state index in [1.54, 1.807) is 11.3 Å². The molecule has 0 aliphatic carbocycles. The summed E-state index contributed by atoms with van der Waals surface area (Å²) in [6.45, 7) is 0. The highest BCUT2D eigenvalue weighted by atomic mass is 79.9. The number of carbonyl (C=O) groups excluding carboxylic acids is 1. The molecule has 0 radical (unpaired) electrons. The van der Waals surface area contributed by atoms with Gasteiger partial charge in [0.25, 0.3) is 5.91 Å². The summed E-state index contributed by atoms with van der Waals surface area (Å²) >= 11 is 6.40. The van der Waals surface area contributed by atoms with Crippen LogP contribution in [0.2, 0.25) is 0 Å². The van der Waals surface area contributed by atoms with Gasteiger partial charge in [-0.2, -0.15) is 0 Å². The molecule has 1 amide bonds. The number of rotatable bonds is 2. The predicted molar refractivity (Wildman–Crippen MR) is 89.3 cm³/mol. The highest BCUT2D eigenvalue weighted by Gasteiger charge is 2.24. The number of para-hydroxylation sites is 1. The second-order valence-corrected chi connectivity index (χ2v) is 6.81. The molecule has 2 heterocycles. The zero-order valence-electron chi connectivity index (χ0n) is 10.2. The molecular formula is C14H9BrN2OS2. The number of aliphatic imine (C=N–C) groups is 1. The van der Waals surface area contributed by atoms with E-state index < -0.39 is 0 Å². The molecule has 3 nitrogen and oxygen atoms in total. The summed E-state index contributed by atoms with van der Waals surface area (Å²) in [7, 11) is 0. The molecular weight excluding hydrogens is 356 g/mol. The Bertz CT molecular complexity index is 708. The number of amidine groups is 1. The number of hydrogen-bond acceptors (Lipinski definition) is 4. The van der Waals surface area contributed by atoms with E-state index >= 15 is 0 Å². The Morgan fingerprint density at radius 1 is 1.20 bits per heavy atom. The summed E-state index contributed by atoms with van der Waals surface area (Å²) in [5.41, 5.74) is 0.799. The Morgan fingerprint density at radius 2 is 2.05 bits per heavy atom. The van der Waals surface area contributed by atoms with Gasteiger partial charge in [0.05, 0.1) is 10.6 Å². The second-order valence-electron chi connectivity index (χ2n) is 3.95. The van der Waals surface area contributed by atoms with Crippen molar-refractivity contribution in [2.24, 2.45) is 4.99 Å². The standard InChI is InChI=1S/C14H9BrN2OS2/c15-10-5-1-2-6-11(10)16-14-17-13(18)12(20-14)8-9-4-3-7-19-9/h1-8H,(H,16,17,18)/b12-8+. The van der Waals surface area contributed by atoms with E-state index in [0.717, 1.165) is 15.0 Å². The maximum Gasteiger partial charge on any atom is 0.264 e. The molecule has 1 fully saturated rings. The van der Waals surface area contributed by atoms with Crippen molar-refractivity contribution < 1.29 is 4.79 Å². The lowest BCUT2D eigenvalue weighted by molar-refractivity contribution is -0.115. The highest BCUT2D eigenvalue weighted by Crippen LogP contribution is 2.31.